The van der Waals surface area contributed by atoms with Gasteiger partial charge in [-0.25, -0.2) is 9.97 Å². The molecule has 1 N–H and O–H groups in total. The molecule has 0 radical (unpaired) electrons. The van der Waals surface area contributed by atoms with E-state index >= 15 is 0 Å². The van der Waals surface area contributed by atoms with Crippen LogP contribution >= 0.6 is 0 Å². The highest BCUT2D eigenvalue weighted by molar-refractivity contribution is 5.54. The van der Waals surface area contributed by atoms with Gasteiger partial charge in [0.15, 0.2) is 0 Å². The van der Waals surface area contributed by atoms with Crippen molar-refractivity contribution in [3.63, 3.8) is 0 Å². The quantitative estimate of drug-likeness (QED) is 0.886. The van der Waals surface area contributed by atoms with Crippen molar-refractivity contribution in [3.05, 3.63) is 41.7 Å². The molecule has 0 spiro atoms. The second-order valence-corrected chi connectivity index (χ2v) is 5.90. The van der Waals surface area contributed by atoms with Gasteiger partial charge in [-0.3, -0.25) is 4.90 Å². The minimum absolute atomic E-state index is 0.663. The highest BCUT2D eigenvalue weighted by Crippen LogP contribution is 2.21. The molecule has 3 rings (SSSR count). The van der Waals surface area contributed by atoms with Gasteiger partial charge in [0.05, 0.1) is 12.8 Å². The van der Waals surface area contributed by atoms with E-state index in [0.717, 1.165) is 30.9 Å². The van der Waals surface area contributed by atoms with Gasteiger partial charge in [0.25, 0.3) is 0 Å². The molecule has 1 aliphatic heterocycles. The van der Waals surface area contributed by atoms with E-state index < -0.39 is 0 Å². The molecule has 5 heteroatoms. The maximum Gasteiger partial charge on any atom is 0.227 e. The van der Waals surface area contributed by atoms with Crippen LogP contribution in [0.2, 0.25) is 0 Å². The van der Waals surface area contributed by atoms with Gasteiger partial charge in [-0.05, 0) is 37.2 Å². The van der Waals surface area contributed by atoms with Gasteiger partial charge in [-0.15, -0.1) is 0 Å². The monoisotopic (exact) mass is 312 g/mol. The molecule has 5 nitrogen and oxygen atoms in total. The van der Waals surface area contributed by atoms with Gasteiger partial charge in [-0.2, -0.15) is 0 Å². The van der Waals surface area contributed by atoms with E-state index in [4.69, 9.17) is 4.74 Å². The van der Waals surface area contributed by atoms with Crippen molar-refractivity contribution >= 4 is 11.6 Å². The summed E-state index contributed by atoms with van der Waals surface area (Å²) in [7, 11) is 1.67. The Morgan fingerprint density at radius 2 is 2.09 bits per heavy atom. The molecule has 0 atom stereocenters. The Bertz CT molecular complexity index is 642. The van der Waals surface area contributed by atoms with Gasteiger partial charge >= 0.3 is 0 Å². The van der Waals surface area contributed by atoms with Crippen LogP contribution < -0.4 is 10.1 Å². The molecule has 1 aliphatic rings. The van der Waals surface area contributed by atoms with Crippen LogP contribution in [0.4, 0.5) is 11.6 Å². The Kier molecular flexibility index (Phi) is 5.08. The number of hydrogen-bond donors (Lipinski definition) is 1. The number of nitrogens with zero attached hydrogens (tertiary/aromatic N) is 3. The van der Waals surface area contributed by atoms with Gasteiger partial charge in [0.2, 0.25) is 5.95 Å². The lowest BCUT2D eigenvalue weighted by molar-refractivity contribution is 0.248. The maximum atomic E-state index is 5.17. The molecule has 1 aromatic heterocycles. The third-order valence-electron chi connectivity index (χ3n) is 4.19. The van der Waals surface area contributed by atoms with E-state index in [1.165, 1.54) is 30.6 Å². The standard InChI is InChI=1S/C18H24N4O/c1-3-4-10-22-11-9-17-14(13-22)12-19-18(21-17)20-15-5-7-16(23-2)8-6-15/h5-8,12H,3-4,9-11,13H2,1-2H3,(H,19,20,21). The fourth-order valence-corrected chi connectivity index (χ4v) is 2.81. The Morgan fingerprint density at radius 1 is 1.26 bits per heavy atom. The third kappa shape index (κ3) is 3.99. The van der Waals surface area contributed by atoms with Crippen LogP contribution in [0.25, 0.3) is 0 Å². The van der Waals surface area contributed by atoms with Crippen molar-refractivity contribution in [2.24, 2.45) is 0 Å². The van der Waals surface area contributed by atoms with Gasteiger partial charge in [0, 0.05) is 37.0 Å². The SMILES string of the molecule is CCCCN1CCc2nc(Nc3ccc(OC)cc3)ncc2C1. The maximum absolute atomic E-state index is 5.17. The number of methoxy groups -OCH3 is 1. The predicted molar refractivity (Wildman–Crippen MR) is 92.2 cm³/mol. The summed E-state index contributed by atoms with van der Waals surface area (Å²) >= 11 is 0. The minimum Gasteiger partial charge on any atom is -0.497 e. The van der Waals surface area contributed by atoms with Crippen LogP contribution in [0.15, 0.2) is 30.5 Å². The zero-order valence-corrected chi connectivity index (χ0v) is 13.9. The Balaban J connectivity index is 1.66. The summed E-state index contributed by atoms with van der Waals surface area (Å²) in [6, 6.07) is 7.78. The van der Waals surface area contributed by atoms with Crippen LogP contribution in [0.3, 0.4) is 0 Å². The van der Waals surface area contributed by atoms with E-state index in [9.17, 15) is 0 Å². The highest BCUT2D eigenvalue weighted by atomic mass is 16.5. The number of hydrogen-bond acceptors (Lipinski definition) is 5. The first-order valence-electron chi connectivity index (χ1n) is 8.26. The third-order valence-corrected chi connectivity index (χ3v) is 4.19. The van der Waals surface area contributed by atoms with Crippen molar-refractivity contribution in [1.82, 2.24) is 14.9 Å². The molecule has 0 saturated carbocycles. The lowest BCUT2D eigenvalue weighted by Gasteiger charge is -2.27. The lowest BCUT2D eigenvalue weighted by atomic mass is 10.1. The average Bonchev–Trinajstić information content (AvgIpc) is 2.60. The molecule has 0 saturated heterocycles. The number of nitrogens with one attached hydrogen (secondary N) is 1. The van der Waals surface area contributed by atoms with Gasteiger partial charge in [-0.1, -0.05) is 13.3 Å². The van der Waals surface area contributed by atoms with Gasteiger partial charge in [0.1, 0.15) is 5.75 Å². The van der Waals surface area contributed by atoms with Crippen LogP contribution in [-0.4, -0.2) is 35.1 Å². The summed E-state index contributed by atoms with van der Waals surface area (Å²) in [6.45, 7) is 5.46. The van der Waals surface area contributed by atoms with E-state index in [2.05, 4.69) is 27.1 Å². The van der Waals surface area contributed by atoms with Gasteiger partial charge < -0.3 is 10.1 Å². The first-order valence-corrected chi connectivity index (χ1v) is 8.26. The minimum atomic E-state index is 0.663. The van der Waals surface area contributed by atoms with E-state index in [1.54, 1.807) is 7.11 Å². The first-order chi connectivity index (χ1) is 11.3. The van der Waals surface area contributed by atoms with Crippen LogP contribution in [0, 0.1) is 0 Å². The van der Waals surface area contributed by atoms with E-state index in [1.807, 2.05) is 30.5 Å². The highest BCUT2D eigenvalue weighted by Gasteiger charge is 2.17. The number of rotatable bonds is 6. The average molecular weight is 312 g/mol. The molecule has 0 amide bonds. The van der Waals surface area contributed by atoms with E-state index in [-0.39, 0.29) is 0 Å². The smallest absolute Gasteiger partial charge is 0.227 e. The number of unbranched alkanes of at least 4 members (excludes halogenated alkanes) is 1. The number of ether oxygens (including phenoxy) is 1. The molecule has 0 fully saturated rings. The molecule has 23 heavy (non-hydrogen) atoms. The summed E-state index contributed by atoms with van der Waals surface area (Å²) in [6.07, 6.45) is 5.46. The van der Waals surface area contributed by atoms with Crippen molar-refractivity contribution in [2.75, 3.05) is 25.5 Å². The van der Waals surface area contributed by atoms with Crippen molar-refractivity contribution in [3.8, 4) is 5.75 Å². The second kappa shape index (κ2) is 7.42. The van der Waals surface area contributed by atoms with Crippen LogP contribution in [0.1, 0.15) is 31.0 Å². The summed E-state index contributed by atoms with van der Waals surface area (Å²) in [5.41, 5.74) is 3.39. The topological polar surface area (TPSA) is 50.3 Å². The van der Waals surface area contributed by atoms with Crippen molar-refractivity contribution in [2.45, 2.75) is 32.7 Å². The number of benzene rings is 1. The molecular weight excluding hydrogens is 288 g/mol. The summed E-state index contributed by atoms with van der Waals surface area (Å²) in [5, 5.41) is 3.26. The predicted octanol–water partition coefficient (Wildman–Crippen LogP) is 3.39. The molecule has 2 heterocycles. The van der Waals surface area contributed by atoms with E-state index in [0.29, 0.717) is 5.95 Å². The fraction of sp³-hybridized carbons (Fsp3) is 0.444. The molecule has 2 aromatic rings. The lowest BCUT2D eigenvalue weighted by Crippen LogP contribution is -2.32. The molecule has 0 bridgehead atoms. The zero-order chi connectivity index (χ0) is 16.1. The summed E-state index contributed by atoms with van der Waals surface area (Å²) in [4.78, 5) is 11.6. The number of fused-ring (bicyclic) bond motifs is 1. The Morgan fingerprint density at radius 3 is 2.83 bits per heavy atom. The fourth-order valence-electron chi connectivity index (χ4n) is 2.81. The molecule has 0 unspecified atom stereocenters. The summed E-state index contributed by atoms with van der Waals surface area (Å²) in [5.74, 6) is 1.50. The second-order valence-electron chi connectivity index (χ2n) is 5.90. The number of aromatic nitrogens is 2. The molecule has 1 aromatic carbocycles. The Labute approximate surface area is 137 Å². The van der Waals surface area contributed by atoms with Crippen molar-refractivity contribution < 1.29 is 4.74 Å². The van der Waals surface area contributed by atoms with Crippen LogP contribution in [-0.2, 0) is 13.0 Å². The zero-order valence-electron chi connectivity index (χ0n) is 13.9. The van der Waals surface area contributed by atoms with Crippen LogP contribution in [0.5, 0.6) is 5.75 Å². The summed E-state index contributed by atoms with van der Waals surface area (Å²) < 4.78 is 5.17. The molecular formula is C18H24N4O. The first kappa shape index (κ1) is 15.7. The number of anilines is 2. The molecule has 0 aliphatic carbocycles. The van der Waals surface area contributed by atoms with Crippen molar-refractivity contribution in [1.29, 1.82) is 0 Å². The largest absolute Gasteiger partial charge is 0.497 e. The molecule has 122 valence electrons. The Hall–Kier alpha value is -2.14. The normalized spacial score (nSPS) is 14.3.